The van der Waals surface area contributed by atoms with Crippen LogP contribution in [0.25, 0.3) is 0 Å². The Hall–Kier alpha value is -2.18. The number of carbonyl (C=O) groups excluding carboxylic acids is 2. The summed E-state index contributed by atoms with van der Waals surface area (Å²) < 4.78 is 10.1. The largest absolute Gasteiger partial charge is 0.464 e. The second-order valence-electron chi connectivity index (χ2n) is 6.90. The van der Waals surface area contributed by atoms with E-state index < -0.39 is 11.6 Å². The quantitative estimate of drug-likeness (QED) is 0.781. The Morgan fingerprint density at radius 1 is 1.25 bits per heavy atom. The molecule has 1 aromatic heterocycles. The molecule has 2 heterocycles. The molecule has 7 nitrogen and oxygen atoms in total. The van der Waals surface area contributed by atoms with Crippen LogP contribution in [0.15, 0.2) is 12.1 Å². The first kappa shape index (κ1) is 18.2. The number of hydrogen-bond donors (Lipinski definition) is 0. The number of carbonyl (C=O) groups is 2. The van der Waals surface area contributed by atoms with Crippen molar-refractivity contribution in [1.82, 2.24) is 10.2 Å². The van der Waals surface area contributed by atoms with Gasteiger partial charge in [-0.1, -0.05) is 0 Å². The van der Waals surface area contributed by atoms with E-state index in [4.69, 9.17) is 4.74 Å². The number of hydrogen-bond acceptors (Lipinski definition) is 7. The lowest BCUT2D eigenvalue weighted by Crippen LogP contribution is -2.42. The van der Waals surface area contributed by atoms with E-state index >= 15 is 0 Å². The van der Waals surface area contributed by atoms with Gasteiger partial charge in [-0.15, -0.1) is 10.2 Å². The van der Waals surface area contributed by atoms with Gasteiger partial charge in [0.1, 0.15) is 5.60 Å². The minimum atomic E-state index is -0.516. The Bertz CT molecular complexity index is 580. The molecule has 0 amide bonds. The van der Waals surface area contributed by atoms with Crippen molar-refractivity contribution in [3.8, 4) is 0 Å². The zero-order valence-electron chi connectivity index (χ0n) is 14.7. The van der Waals surface area contributed by atoms with Crippen LogP contribution in [-0.4, -0.2) is 47.4 Å². The molecular formula is C17H25N3O4. The molecule has 1 aliphatic heterocycles. The SMILES string of the molecule is COC(=O)c1ccc(N2CCCCC2CC(=O)OC(C)(C)C)nn1. The summed E-state index contributed by atoms with van der Waals surface area (Å²) in [5.41, 5.74) is -0.319. The average molecular weight is 335 g/mol. The first-order valence-electron chi connectivity index (χ1n) is 8.20. The number of methoxy groups -OCH3 is 1. The van der Waals surface area contributed by atoms with Crippen LogP contribution in [0, 0.1) is 0 Å². The van der Waals surface area contributed by atoms with Crippen LogP contribution in [-0.2, 0) is 14.3 Å². The van der Waals surface area contributed by atoms with Crippen LogP contribution >= 0.6 is 0 Å². The molecule has 0 N–H and O–H groups in total. The first-order chi connectivity index (χ1) is 11.3. The number of rotatable bonds is 4. The fraction of sp³-hybridized carbons (Fsp3) is 0.647. The number of piperidine rings is 1. The summed E-state index contributed by atoms with van der Waals surface area (Å²) in [6, 6.07) is 3.37. The average Bonchev–Trinajstić information content (AvgIpc) is 2.53. The number of aromatic nitrogens is 2. The van der Waals surface area contributed by atoms with E-state index in [1.54, 1.807) is 12.1 Å². The maximum absolute atomic E-state index is 12.1. The van der Waals surface area contributed by atoms with Gasteiger partial charge in [-0.2, -0.15) is 0 Å². The number of nitrogens with zero attached hydrogens (tertiary/aromatic N) is 3. The topological polar surface area (TPSA) is 81.6 Å². The number of anilines is 1. The second-order valence-corrected chi connectivity index (χ2v) is 6.90. The highest BCUT2D eigenvalue weighted by molar-refractivity contribution is 5.87. The second kappa shape index (κ2) is 7.59. The predicted octanol–water partition coefficient (Wildman–Crippen LogP) is 2.35. The lowest BCUT2D eigenvalue weighted by atomic mass is 9.99. The van der Waals surface area contributed by atoms with Crippen molar-refractivity contribution >= 4 is 17.8 Å². The maximum atomic E-state index is 12.1. The van der Waals surface area contributed by atoms with Gasteiger partial charge in [0.25, 0.3) is 0 Å². The van der Waals surface area contributed by atoms with Crippen molar-refractivity contribution in [2.45, 2.75) is 58.1 Å². The van der Waals surface area contributed by atoms with E-state index in [1.165, 1.54) is 7.11 Å². The normalized spacial score (nSPS) is 18.2. The van der Waals surface area contributed by atoms with Crippen molar-refractivity contribution in [2.75, 3.05) is 18.6 Å². The van der Waals surface area contributed by atoms with E-state index in [2.05, 4.69) is 19.8 Å². The molecule has 1 saturated heterocycles. The van der Waals surface area contributed by atoms with Crippen molar-refractivity contribution < 1.29 is 19.1 Å². The van der Waals surface area contributed by atoms with Gasteiger partial charge in [0.15, 0.2) is 11.5 Å². The Labute approximate surface area is 142 Å². The molecular weight excluding hydrogens is 310 g/mol. The van der Waals surface area contributed by atoms with Crippen LogP contribution < -0.4 is 4.90 Å². The molecule has 7 heteroatoms. The van der Waals surface area contributed by atoms with E-state index in [9.17, 15) is 9.59 Å². The molecule has 0 aliphatic carbocycles. The van der Waals surface area contributed by atoms with Crippen LogP contribution in [0.3, 0.4) is 0 Å². The minimum Gasteiger partial charge on any atom is -0.464 e. The summed E-state index contributed by atoms with van der Waals surface area (Å²) >= 11 is 0. The summed E-state index contributed by atoms with van der Waals surface area (Å²) in [5.74, 6) is -0.0625. The molecule has 1 aromatic rings. The zero-order chi connectivity index (χ0) is 17.7. The van der Waals surface area contributed by atoms with Crippen LogP contribution in [0.1, 0.15) is 56.9 Å². The minimum absolute atomic E-state index is 0.0341. The zero-order valence-corrected chi connectivity index (χ0v) is 14.7. The standard InChI is InChI=1S/C17H25N3O4/c1-17(2,3)24-15(21)11-12-7-5-6-10-20(12)14-9-8-13(18-19-14)16(22)23-4/h8-9,12H,5-7,10-11H2,1-4H3. The van der Waals surface area contributed by atoms with Gasteiger partial charge in [0.2, 0.25) is 0 Å². The van der Waals surface area contributed by atoms with Gasteiger partial charge < -0.3 is 14.4 Å². The molecule has 1 atom stereocenters. The summed E-state index contributed by atoms with van der Waals surface area (Å²) in [5, 5.41) is 8.04. The molecule has 1 fully saturated rings. The van der Waals surface area contributed by atoms with Gasteiger partial charge in [0, 0.05) is 12.6 Å². The summed E-state index contributed by atoms with van der Waals surface area (Å²) in [6.45, 7) is 6.39. The van der Waals surface area contributed by atoms with E-state index in [1.807, 2.05) is 20.8 Å². The molecule has 1 unspecified atom stereocenters. The van der Waals surface area contributed by atoms with Crippen LogP contribution in [0.2, 0.25) is 0 Å². The molecule has 132 valence electrons. The van der Waals surface area contributed by atoms with Crippen molar-refractivity contribution in [3.63, 3.8) is 0 Å². The smallest absolute Gasteiger partial charge is 0.358 e. The lowest BCUT2D eigenvalue weighted by Gasteiger charge is -2.36. The molecule has 0 radical (unpaired) electrons. The lowest BCUT2D eigenvalue weighted by molar-refractivity contribution is -0.155. The maximum Gasteiger partial charge on any atom is 0.358 e. The monoisotopic (exact) mass is 335 g/mol. The predicted molar refractivity (Wildman–Crippen MR) is 88.8 cm³/mol. The first-order valence-corrected chi connectivity index (χ1v) is 8.20. The fourth-order valence-corrected chi connectivity index (χ4v) is 2.78. The Kier molecular flexibility index (Phi) is 5.75. The molecule has 1 aliphatic rings. The van der Waals surface area contributed by atoms with Gasteiger partial charge >= 0.3 is 11.9 Å². The molecule has 0 spiro atoms. The van der Waals surface area contributed by atoms with E-state index in [-0.39, 0.29) is 17.7 Å². The summed E-state index contributed by atoms with van der Waals surface area (Å²) in [7, 11) is 1.30. The highest BCUT2D eigenvalue weighted by Gasteiger charge is 2.28. The van der Waals surface area contributed by atoms with E-state index in [0.717, 1.165) is 25.8 Å². The van der Waals surface area contributed by atoms with Crippen LogP contribution in [0.5, 0.6) is 0 Å². The molecule has 0 bridgehead atoms. The Morgan fingerprint density at radius 2 is 2.00 bits per heavy atom. The summed E-state index contributed by atoms with van der Waals surface area (Å²) in [4.78, 5) is 25.7. The molecule has 0 aromatic carbocycles. The Balaban J connectivity index is 2.08. The third kappa shape index (κ3) is 4.91. The third-order valence-electron chi connectivity index (χ3n) is 3.79. The number of ether oxygens (including phenoxy) is 2. The molecule has 24 heavy (non-hydrogen) atoms. The van der Waals surface area contributed by atoms with Crippen molar-refractivity contribution in [1.29, 1.82) is 0 Å². The van der Waals surface area contributed by atoms with Gasteiger partial charge in [0.05, 0.1) is 13.5 Å². The summed E-state index contributed by atoms with van der Waals surface area (Å²) in [6.07, 6.45) is 3.32. The van der Waals surface area contributed by atoms with E-state index in [0.29, 0.717) is 12.2 Å². The molecule has 0 saturated carbocycles. The van der Waals surface area contributed by atoms with Crippen LogP contribution in [0.4, 0.5) is 5.82 Å². The van der Waals surface area contributed by atoms with Gasteiger partial charge in [-0.25, -0.2) is 4.79 Å². The Morgan fingerprint density at radius 3 is 2.58 bits per heavy atom. The van der Waals surface area contributed by atoms with Crippen molar-refractivity contribution in [2.24, 2.45) is 0 Å². The highest BCUT2D eigenvalue weighted by Crippen LogP contribution is 2.25. The molecule has 2 rings (SSSR count). The van der Waals surface area contributed by atoms with Crippen molar-refractivity contribution in [3.05, 3.63) is 17.8 Å². The number of esters is 2. The van der Waals surface area contributed by atoms with Gasteiger partial charge in [-0.3, -0.25) is 4.79 Å². The highest BCUT2D eigenvalue weighted by atomic mass is 16.6. The third-order valence-corrected chi connectivity index (χ3v) is 3.79. The van der Waals surface area contributed by atoms with Gasteiger partial charge in [-0.05, 0) is 52.2 Å². The fourth-order valence-electron chi connectivity index (χ4n) is 2.78.